The summed E-state index contributed by atoms with van der Waals surface area (Å²) in [7, 11) is 0. The largest absolute Gasteiger partial charge is 0.378 e. The van der Waals surface area contributed by atoms with Crippen molar-refractivity contribution in [2.24, 2.45) is 5.73 Å². The van der Waals surface area contributed by atoms with Crippen molar-refractivity contribution < 1.29 is 14.3 Å². The van der Waals surface area contributed by atoms with Crippen molar-refractivity contribution in [2.45, 2.75) is 38.8 Å². The average molecular weight is 423 g/mol. The molecule has 2 amide bonds. The Kier molecular flexibility index (Phi) is 6.13. The first-order chi connectivity index (χ1) is 14.9. The van der Waals surface area contributed by atoms with Gasteiger partial charge in [0.05, 0.1) is 25.7 Å². The number of carbonyl (C=O) groups excluding carboxylic acids is 2. The van der Waals surface area contributed by atoms with Gasteiger partial charge in [0.2, 0.25) is 11.8 Å². The Morgan fingerprint density at radius 1 is 1.13 bits per heavy atom. The van der Waals surface area contributed by atoms with E-state index in [4.69, 9.17) is 10.5 Å². The smallest absolute Gasteiger partial charge is 0.224 e. The second-order valence-corrected chi connectivity index (χ2v) is 8.35. The summed E-state index contributed by atoms with van der Waals surface area (Å²) >= 11 is 0. The molecule has 2 aromatic carbocycles. The number of fused-ring (bicyclic) bond motifs is 1. The van der Waals surface area contributed by atoms with Crippen molar-refractivity contribution >= 4 is 28.9 Å². The molecule has 31 heavy (non-hydrogen) atoms. The van der Waals surface area contributed by atoms with Gasteiger partial charge in [-0.2, -0.15) is 0 Å². The van der Waals surface area contributed by atoms with Crippen LogP contribution in [0.3, 0.4) is 0 Å². The summed E-state index contributed by atoms with van der Waals surface area (Å²) in [4.78, 5) is 27.8. The molecule has 2 aromatic rings. The number of carbonyl (C=O) groups is 2. The van der Waals surface area contributed by atoms with Crippen LogP contribution in [0.1, 0.15) is 37.4 Å². The zero-order chi connectivity index (χ0) is 22.0. The maximum absolute atomic E-state index is 12.4. The van der Waals surface area contributed by atoms with Crippen LogP contribution in [0.2, 0.25) is 0 Å². The molecule has 2 aliphatic rings. The van der Waals surface area contributed by atoms with Gasteiger partial charge in [-0.15, -0.1) is 0 Å². The molecule has 2 aliphatic heterocycles. The summed E-state index contributed by atoms with van der Waals surface area (Å²) in [5.41, 5.74) is 10.4. The fourth-order valence-corrected chi connectivity index (χ4v) is 4.61. The summed E-state index contributed by atoms with van der Waals surface area (Å²) in [6, 6.07) is 14.3. The van der Waals surface area contributed by atoms with Crippen LogP contribution in [0.25, 0.3) is 0 Å². The molecule has 7 heteroatoms. The van der Waals surface area contributed by atoms with Crippen LogP contribution in [-0.2, 0) is 20.7 Å². The van der Waals surface area contributed by atoms with E-state index < -0.39 is 0 Å². The summed E-state index contributed by atoms with van der Waals surface area (Å²) in [6.07, 6.45) is 1.04. The van der Waals surface area contributed by atoms with E-state index in [0.29, 0.717) is 0 Å². The van der Waals surface area contributed by atoms with Gasteiger partial charge in [0.25, 0.3) is 0 Å². The first-order valence-electron chi connectivity index (χ1n) is 10.8. The van der Waals surface area contributed by atoms with Crippen molar-refractivity contribution in [1.82, 2.24) is 0 Å². The minimum absolute atomic E-state index is 0.0575. The van der Waals surface area contributed by atoms with Crippen LogP contribution in [0.5, 0.6) is 0 Å². The van der Waals surface area contributed by atoms with E-state index in [0.717, 1.165) is 60.9 Å². The molecule has 0 saturated carbocycles. The number of primary amides is 1. The lowest BCUT2D eigenvalue weighted by atomic mass is 9.90. The normalized spacial score (nSPS) is 20.8. The van der Waals surface area contributed by atoms with E-state index in [1.165, 1.54) is 0 Å². The predicted octanol–water partition coefficient (Wildman–Crippen LogP) is 2.85. The van der Waals surface area contributed by atoms with Gasteiger partial charge < -0.3 is 25.6 Å². The molecular formula is C24H30N4O3. The van der Waals surface area contributed by atoms with Gasteiger partial charge in [0.1, 0.15) is 0 Å². The van der Waals surface area contributed by atoms with Gasteiger partial charge in [0, 0.05) is 48.7 Å². The number of hydrogen-bond acceptors (Lipinski definition) is 5. The molecule has 3 N–H and O–H groups in total. The Morgan fingerprint density at radius 2 is 1.84 bits per heavy atom. The lowest BCUT2D eigenvalue weighted by Crippen LogP contribution is -2.43. The zero-order valence-corrected chi connectivity index (χ0v) is 18.1. The van der Waals surface area contributed by atoms with E-state index >= 15 is 0 Å². The maximum atomic E-state index is 12.4. The van der Waals surface area contributed by atoms with E-state index in [2.05, 4.69) is 35.3 Å². The molecule has 0 bridgehead atoms. The SMILES string of the molecule is CC(=O)N1c2ccc(N3CCOCC3)cc2C(Nc2ccc(CC(N)=O)cc2)CC1C. The van der Waals surface area contributed by atoms with Crippen molar-refractivity contribution in [3.05, 3.63) is 53.6 Å². The second-order valence-electron chi connectivity index (χ2n) is 8.35. The fraction of sp³-hybridized carbons (Fsp3) is 0.417. The molecule has 7 nitrogen and oxygen atoms in total. The number of anilines is 3. The highest BCUT2D eigenvalue weighted by atomic mass is 16.5. The molecule has 1 fully saturated rings. The third-order valence-corrected chi connectivity index (χ3v) is 6.05. The summed E-state index contributed by atoms with van der Waals surface area (Å²) < 4.78 is 5.49. The van der Waals surface area contributed by atoms with Crippen LogP contribution < -0.4 is 20.9 Å². The van der Waals surface area contributed by atoms with Gasteiger partial charge in [-0.05, 0) is 49.2 Å². The molecule has 0 aromatic heterocycles. The number of amides is 2. The van der Waals surface area contributed by atoms with E-state index in [-0.39, 0.29) is 30.3 Å². The van der Waals surface area contributed by atoms with Crippen molar-refractivity contribution in [3.63, 3.8) is 0 Å². The highest BCUT2D eigenvalue weighted by molar-refractivity contribution is 5.94. The van der Waals surface area contributed by atoms with E-state index in [1.807, 2.05) is 29.2 Å². The van der Waals surface area contributed by atoms with Crippen LogP contribution in [0.4, 0.5) is 17.1 Å². The molecular weight excluding hydrogens is 392 g/mol. The van der Waals surface area contributed by atoms with Crippen molar-refractivity contribution in [2.75, 3.05) is 41.4 Å². The Bertz CT molecular complexity index is 954. The maximum Gasteiger partial charge on any atom is 0.224 e. The van der Waals surface area contributed by atoms with Gasteiger partial charge in [-0.1, -0.05) is 12.1 Å². The second kappa shape index (κ2) is 8.98. The molecule has 164 valence electrons. The molecule has 0 aliphatic carbocycles. The standard InChI is InChI=1S/C24H30N4O3/c1-16-13-22(26-19-5-3-18(4-6-19)14-24(25)30)21-15-20(27-9-11-31-12-10-27)7-8-23(21)28(16)17(2)29/h3-8,15-16,22,26H,9-14H2,1-2H3,(H2,25,30). The van der Waals surface area contributed by atoms with Gasteiger partial charge in [-0.3, -0.25) is 9.59 Å². The highest BCUT2D eigenvalue weighted by Crippen LogP contribution is 2.41. The minimum atomic E-state index is -0.337. The third kappa shape index (κ3) is 4.66. The number of rotatable bonds is 5. The Balaban J connectivity index is 1.64. The first-order valence-corrected chi connectivity index (χ1v) is 10.8. The molecule has 2 heterocycles. The van der Waals surface area contributed by atoms with Crippen molar-refractivity contribution in [1.29, 1.82) is 0 Å². The molecule has 1 saturated heterocycles. The summed E-state index contributed by atoms with van der Waals surface area (Å²) in [5.74, 6) is -0.280. The Hall–Kier alpha value is -3.06. The van der Waals surface area contributed by atoms with Gasteiger partial charge in [0.15, 0.2) is 0 Å². The average Bonchev–Trinajstić information content (AvgIpc) is 2.75. The van der Waals surface area contributed by atoms with Gasteiger partial charge in [-0.25, -0.2) is 0 Å². The molecule has 0 spiro atoms. The number of nitrogens with one attached hydrogen (secondary N) is 1. The topological polar surface area (TPSA) is 87.9 Å². The van der Waals surface area contributed by atoms with Crippen LogP contribution >= 0.6 is 0 Å². The number of ether oxygens (including phenoxy) is 1. The highest BCUT2D eigenvalue weighted by Gasteiger charge is 2.33. The lowest BCUT2D eigenvalue weighted by molar-refractivity contribution is -0.118. The fourth-order valence-electron chi connectivity index (χ4n) is 4.61. The lowest BCUT2D eigenvalue weighted by Gasteiger charge is -2.40. The van der Waals surface area contributed by atoms with E-state index in [9.17, 15) is 9.59 Å². The van der Waals surface area contributed by atoms with Crippen LogP contribution in [0, 0.1) is 0 Å². The number of nitrogens with two attached hydrogens (primary N) is 1. The molecule has 2 unspecified atom stereocenters. The monoisotopic (exact) mass is 422 g/mol. The quantitative estimate of drug-likeness (QED) is 0.774. The van der Waals surface area contributed by atoms with Crippen LogP contribution in [-0.4, -0.2) is 44.2 Å². The zero-order valence-electron chi connectivity index (χ0n) is 18.1. The molecule has 2 atom stereocenters. The van der Waals surface area contributed by atoms with Crippen molar-refractivity contribution in [3.8, 4) is 0 Å². The van der Waals surface area contributed by atoms with Crippen LogP contribution in [0.15, 0.2) is 42.5 Å². The summed E-state index contributed by atoms with van der Waals surface area (Å²) in [6.45, 7) is 6.91. The predicted molar refractivity (Wildman–Crippen MR) is 122 cm³/mol. The third-order valence-electron chi connectivity index (χ3n) is 6.05. The summed E-state index contributed by atoms with van der Waals surface area (Å²) in [5, 5.41) is 3.64. The number of benzene rings is 2. The number of morpholine rings is 1. The van der Waals surface area contributed by atoms with E-state index in [1.54, 1.807) is 6.92 Å². The number of nitrogens with zero attached hydrogens (tertiary/aromatic N) is 2. The molecule has 0 radical (unpaired) electrons. The Labute approximate surface area is 183 Å². The minimum Gasteiger partial charge on any atom is -0.378 e. The Morgan fingerprint density at radius 3 is 2.48 bits per heavy atom. The first kappa shape index (κ1) is 21.2. The molecule has 4 rings (SSSR count). The number of hydrogen-bond donors (Lipinski definition) is 2. The van der Waals surface area contributed by atoms with Gasteiger partial charge >= 0.3 is 0 Å².